The van der Waals surface area contributed by atoms with Gasteiger partial charge in [-0.2, -0.15) is 0 Å². The molecule has 0 aliphatic heterocycles. The maximum atomic E-state index is 12.5. The lowest BCUT2D eigenvalue weighted by Crippen LogP contribution is -2.15. The standard InChI is InChI=1S/C15H17BrN2O2S/c1-10-6-7-13(8-14(10)16)18-21(19,20)15-5-3-4-12(9-17)11(15)2/h3-8,18H,9,17H2,1-2H3. The Bertz CT molecular complexity index is 773. The quantitative estimate of drug-likeness (QED) is 0.869. The van der Waals surface area contributed by atoms with Crippen molar-refractivity contribution < 1.29 is 8.42 Å². The van der Waals surface area contributed by atoms with Crippen LogP contribution in [0.2, 0.25) is 0 Å². The van der Waals surface area contributed by atoms with Crippen LogP contribution in [0.15, 0.2) is 45.8 Å². The number of nitrogens with one attached hydrogen (secondary N) is 1. The zero-order valence-corrected chi connectivity index (χ0v) is 14.3. The Morgan fingerprint density at radius 1 is 1.19 bits per heavy atom. The Morgan fingerprint density at radius 3 is 2.52 bits per heavy atom. The first-order valence-corrected chi connectivity index (χ1v) is 8.70. The molecule has 0 saturated carbocycles. The van der Waals surface area contributed by atoms with E-state index in [0.717, 1.165) is 15.6 Å². The van der Waals surface area contributed by atoms with Gasteiger partial charge < -0.3 is 5.73 Å². The van der Waals surface area contributed by atoms with E-state index in [9.17, 15) is 8.42 Å². The third kappa shape index (κ3) is 3.45. The molecular formula is C15H17BrN2O2S. The maximum Gasteiger partial charge on any atom is 0.262 e. The summed E-state index contributed by atoms with van der Waals surface area (Å²) in [5.74, 6) is 0. The molecule has 0 amide bonds. The molecular weight excluding hydrogens is 352 g/mol. The highest BCUT2D eigenvalue weighted by Gasteiger charge is 2.18. The predicted molar refractivity (Wildman–Crippen MR) is 88.8 cm³/mol. The van der Waals surface area contributed by atoms with E-state index in [1.807, 2.05) is 19.1 Å². The Balaban J connectivity index is 2.41. The summed E-state index contributed by atoms with van der Waals surface area (Å²) in [5.41, 5.74) is 8.69. The van der Waals surface area contributed by atoms with Crippen molar-refractivity contribution in [1.82, 2.24) is 0 Å². The Labute approximate surface area is 133 Å². The van der Waals surface area contributed by atoms with Crippen molar-refractivity contribution in [2.75, 3.05) is 4.72 Å². The van der Waals surface area contributed by atoms with Gasteiger partial charge in [-0.15, -0.1) is 0 Å². The number of rotatable bonds is 4. The molecule has 2 rings (SSSR count). The number of sulfonamides is 1. The number of aryl methyl sites for hydroxylation is 1. The third-order valence-corrected chi connectivity index (χ3v) is 5.71. The van der Waals surface area contributed by atoms with E-state index in [-0.39, 0.29) is 4.90 Å². The third-order valence-electron chi connectivity index (χ3n) is 3.33. The molecule has 2 aromatic carbocycles. The van der Waals surface area contributed by atoms with Crippen LogP contribution >= 0.6 is 15.9 Å². The van der Waals surface area contributed by atoms with Crippen molar-refractivity contribution in [3.8, 4) is 0 Å². The summed E-state index contributed by atoms with van der Waals surface area (Å²) in [4.78, 5) is 0.252. The van der Waals surface area contributed by atoms with Crippen LogP contribution in [0.3, 0.4) is 0 Å². The van der Waals surface area contributed by atoms with Gasteiger partial charge in [0.15, 0.2) is 0 Å². The van der Waals surface area contributed by atoms with E-state index in [4.69, 9.17) is 5.73 Å². The number of hydrogen-bond donors (Lipinski definition) is 2. The van der Waals surface area contributed by atoms with Gasteiger partial charge in [0.2, 0.25) is 0 Å². The number of benzene rings is 2. The minimum atomic E-state index is -3.63. The van der Waals surface area contributed by atoms with Gasteiger partial charge in [-0.05, 0) is 48.7 Å². The van der Waals surface area contributed by atoms with Crippen LogP contribution < -0.4 is 10.5 Å². The Hall–Kier alpha value is -1.37. The highest BCUT2D eigenvalue weighted by atomic mass is 79.9. The summed E-state index contributed by atoms with van der Waals surface area (Å²) >= 11 is 3.40. The monoisotopic (exact) mass is 368 g/mol. The molecule has 0 aromatic heterocycles. The van der Waals surface area contributed by atoms with Crippen LogP contribution in [-0.4, -0.2) is 8.42 Å². The van der Waals surface area contributed by atoms with Gasteiger partial charge in [-0.1, -0.05) is 34.1 Å². The van der Waals surface area contributed by atoms with Crippen molar-refractivity contribution in [2.45, 2.75) is 25.3 Å². The largest absolute Gasteiger partial charge is 0.326 e. The van der Waals surface area contributed by atoms with Gasteiger partial charge in [-0.3, -0.25) is 4.72 Å². The fourth-order valence-corrected chi connectivity index (χ4v) is 3.76. The van der Waals surface area contributed by atoms with E-state index in [1.165, 1.54) is 0 Å². The molecule has 0 unspecified atom stereocenters. The second kappa shape index (κ2) is 6.17. The van der Waals surface area contributed by atoms with Crippen LogP contribution in [0, 0.1) is 13.8 Å². The van der Waals surface area contributed by atoms with Crippen LogP contribution in [-0.2, 0) is 16.6 Å². The van der Waals surface area contributed by atoms with E-state index in [0.29, 0.717) is 17.8 Å². The summed E-state index contributed by atoms with van der Waals surface area (Å²) in [6, 6.07) is 10.4. The smallest absolute Gasteiger partial charge is 0.262 e. The average molecular weight is 369 g/mol. The second-order valence-corrected chi connectivity index (χ2v) is 7.32. The summed E-state index contributed by atoms with van der Waals surface area (Å²) in [6.45, 7) is 4.02. The highest BCUT2D eigenvalue weighted by molar-refractivity contribution is 9.10. The molecule has 6 heteroatoms. The Kier molecular flexibility index (Phi) is 4.70. The molecule has 0 spiro atoms. The summed E-state index contributed by atoms with van der Waals surface area (Å²) in [5, 5.41) is 0. The fraction of sp³-hybridized carbons (Fsp3) is 0.200. The van der Waals surface area contributed by atoms with Gasteiger partial charge in [0.25, 0.3) is 10.0 Å². The molecule has 0 bridgehead atoms. The van der Waals surface area contributed by atoms with Gasteiger partial charge in [-0.25, -0.2) is 8.42 Å². The van der Waals surface area contributed by atoms with Crippen molar-refractivity contribution in [2.24, 2.45) is 5.73 Å². The molecule has 0 aliphatic carbocycles. The van der Waals surface area contributed by atoms with Crippen LogP contribution in [0.5, 0.6) is 0 Å². The molecule has 4 nitrogen and oxygen atoms in total. The fourth-order valence-electron chi connectivity index (χ4n) is 2.04. The minimum absolute atomic E-state index is 0.252. The highest BCUT2D eigenvalue weighted by Crippen LogP contribution is 2.25. The lowest BCUT2D eigenvalue weighted by Gasteiger charge is -2.13. The molecule has 112 valence electrons. The topological polar surface area (TPSA) is 72.2 Å². The van der Waals surface area contributed by atoms with Crippen molar-refractivity contribution >= 4 is 31.6 Å². The average Bonchev–Trinajstić information content (AvgIpc) is 2.42. The first-order chi connectivity index (χ1) is 9.85. The molecule has 0 saturated heterocycles. The summed E-state index contributed by atoms with van der Waals surface area (Å²) in [7, 11) is -3.63. The lowest BCUT2D eigenvalue weighted by molar-refractivity contribution is 0.600. The second-order valence-electron chi connectivity index (χ2n) is 4.81. The van der Waals surface area contributed by atoms with Crippen LogP contribution in [0.25, 0.3) is 0 Å². The lowest BCUT2D eigenvalue weighted by atomic mass is 10.1. The Morgan fingerprint density at radius 2 is 1.90 bits per heavy atom. The number of halogens is 1. The zero-order chi connectivity index (χ0) is 15.6. The molecule has 0 heterocycles. The first-order valence-electron chi connectivity index (χ1n) is 6.42. The van der Waals surface area contributed by atoms with E-state index >= 15 is 0 Å². The molecule has 2 aromatic rings. The van der Waals surface area contributed by atoms with Gasteiger partial charge in [0.05, 0.1) is 4.90 Å². The SMILES string of the molecule is Cc1ccc(NS(=O)(=O)c2cccc(CN)c2C)cc1Br. The van der Waals surface area contributed by atoms with Crippen LogP contribution in [0.4, 0.5) is 5.69 Å². The van der Waals surface area contributed by atoms with E-state index in [2.05, 4.69) is 20.7 Å². The minimum Gasteiger partial charge on any atom is -0.326 e. The summed E-state index contributed by atoms with van der Waals surface area (Å²) in [6.07, 6.45) is 0. The molecule has 0 atom stereocenters. The number of hydrogen-bond acceptors (Lipinski definition) is 3. The normalized spacial score (nSPS) is 11.4. The van der Waals surface area contributed by atoms with Gasteiger partial charge in [0, 0.05) is 16.7 Å². The molecule has 3 N–H and O–H groups in total. The zero-order valence-electron chi connectivity index (χ0n) is 11.9. The van der Waals surface area contributed by atoms with Gasteiger partial charge >= 0.3 is 0 Å². The predicted octanol–water partition coefficient (Wildman–Crippen LogP) is 3.33. The number of nitrogens with two attached hydrogens (primary N) is 1. The maximum absolute atomic E-state index is 12.5. The summed E-state index contributed by atoms with van der Waals surface area (Å²) < 4.78 is 28.5. The molecule has 0 radical (unpaired) electrons. The van der Waals surface area contributed by atoms with E-state index in [1.54, 1.807) is 31.2 Å². The van der Waals surface area contributed by atoms with Gasteiger partial charge in [0.1, 0.15) is 0 Å². The van der Waals surface area contributed by atoms with E-state index < -0.39 is 10.0 Å². The molecule has 0 aliphatic rings. The molecule has 0 fully saturated rings. The van der Waals surface area contributed by atoms with Crippen molar-refractivity contribution in [1.29, 1.82) is 0 Å². The number of anilines is 1. The van der Waals surface area contributed by atoms with Crippen molar-refractivity contribution in [3.63, 3.8) is 0 Å². The van der Waals surface area contributed by atoms with Crippen LogP contribution in [0.1, 0.15) is 16.7 Å². The molecule has 21 heavy (non-hydrogen) atoms. The van der Waals surface area contributed by atoms with Crippen molar-refractivity contribution in [3.05, 3.63) is 57.6 Å². The first kappa shape index (κ1) is 16.0.